The van der Waals surface area contributed by atoms with E-state index in [2.05, 4.69) is 0 Å². The molecular formula is C6H3Cl6GdO6. The maximum atomic E-state index is 9.32. The molecule has 0 heterocycles. The van der Waals surface area contributed by atoms with E-state index in [1.165, 1.54) is 0 Å². The Labute approximate surface area is 169 Å². The van der Waals surface area contributed by atoms with Crippen LogP contribution in [-0.2, 0) is 14.4 Å². The van der Waals surface area contributed by atoms with Gasteiger partial charge in [-0.1, -0.05) is 69.6 Å². The van der Waals surface area contributed by atoms with Crippen molar-refractivity contribution in [1.29, 1.82) is 0 Å². The number of alkyl halides is 6. The first-order valence-corrected chi connectivity index (χ1v) is 6.02. The first kappa shape index (κ1) is 28.6. The molecule has 0 bridgehead atoms. The fourth-order valence-electron chi connectivity index (χ4n) is 0. The van der Waals surface area contributed by atoms with Gasteiger partial charge in [0.2, 0.25) is 0 Å². The smallest absolute Gasteiger partial charge is 0.547 e. The van der Waals surface area contributed by atoms with E-state index < -0.39 is 32.4 Å². The van der Waals surface area contributed by atoms with Crippen LogP contribution in [0.3, 0.4) is 0 Å². The van der Waals surface area contributed by atoms with Gasteiger partial charge in [-0.3, -0.25) is 0 Å². The molecule has 6 nitrogen and oxygen atoms in total. The molecule has 0 aromatic heterocycles. The van der Waals surface area contributed by atoms with Gasteiger partial charge in [-0.05, 0) is 0 Å². The minimum absolute atomic E-state index is 0. The molecule has 0 aliphatic heterocycles. The van der Waals surface area contributed by atoms with Gasteiger partial charge in [-0.25, -0.2) is 0 Å². The van der Waals surface area contributed by atoms with E-state index in [0.717, 1.165) is 0 Å². The molecule has 19 heavy (non-hydrogen) atoms. The average molecular weight is 541 g/mol. The maximum Gasteiger partial charge on any atom is 3.00 e. The fraction of sp³-hybridized carbons (Fsp3) is 0.500. The van der Waals surface area contributed by atoms with E-state index in [9.17, 15) is 29.7 Å². The molecule has 13 heteroatoms. The Morgan fingerprint density at radius 1 is 0.579 bits per heavy atom. The topological polar surface area (TPSA) is 120 Å². The molecular weight excluding hydrogens is 538 g/mol. The van der Waals surface area contributed by atoms with Crippen LogP contribution in [-0.4, -0.2) is 32.4 Å². The van der Waals surface area contributed by atoms with Crippen LogP contribution in [0.1, 0.15) is 0 Å². The summed E-state index contributed by atoms with van der Waals surface area (Å²) in [6.07, 6.45) is 0. The number of rotatable bonds is 3. The molecule has 0 N–H and O–H groups in total. The number of halogens is 6. The molecule has 1 radical (unpaired) electrons. The largest absolute Gasteiger partial charge is 3.00 e. The standard InChI is InChI=1S/3C2H2Cl2O2.Gd/c3*3-1(4)2(5)6;/h3*1H,(H,5,6);/q;;;+3/p-3. The Balaban J connectivity index is -0.0000000865. The molecule has 0 aliphatic rings. The molecule has 0 aromatic rings. The van der Waals surface area contributed by atoms with Crippen molar-refractivity contribution >= 4 is 87.5 Å². The Morgan fingerprint density at radius 2 is 0.632 bits per heavy atom. The Hall–Kier alpha value is 1.47. The van der Waals surface area contributed by atoms with E-state index in [0.29, 0.717) is 0 Å². The Morgan fingerprint density at radius 3 is 0.632 bits per heavy atom. The monoisotopic (exact) mass is 539 g/mol. The van der Waals surface area contributed by atoms with Gasteiger partial charge in [0, 0.05) is 0 Å². The third kappa shape index (κ3) is 32.8. The third-order valence-electron chi connectivity index (χ3n) is 0.535. The van der Waals surface area contributed by atoms with Crippen LogP contribution in [0.5, 0.6) is 0 Å². The predicted octanol–water partition coefficient (Wildman–Crippen LogP) is -1.38. The summed E-state index contributed by atoms with van der Waals surface area (Å²) in [5.41, 5.74) is 0. The van der Waals surface area contributed by atoms with Gasteiger partial charge in [0.05, 0.1) is 17.9 Å². The van der Waals surface area contributed by atoms with Gasteiger partial charge in [0.1, 0.15) is 14.5 Å². The van der Waals surface area contributed by atoms with Crippen molar-refractivity contribution in [1.82, 2.24) is 0 Å². The normalized spacial score (nSPS) is 8.68. The molecule has 0 aliphatic carbocycles. The van der Waals surface area contributed by atoms with Gasteiger partial charge in [0.25, 0.3) is 0 Å². The minimum atomic E-state index is -1.46. The second kappa shape index (κ2) is 17.5. The Bertz CT molecular complexity index is 230. The molecule has 0 saturated heterocycles. The predicted molar refractivity (Wildman–Crippen MR) is 61.5 cm³/mol. The second-order valence-electron chi connectivity index (χ2n) is 1.86. The minimum Gasteiger partial charge on any atom is -0.547 e. The summed E-state index contributed by atoms with van der Waals surface area (Å²) >= 11 is 28.3. The fourth-order valence-corrected chi connectivity index (χ4v) is 0. The summed E-state index contributed by atoms with van der Waals surface area (Å²) in [6.45, 7) is 0. The molecule has 0 aromatic carbocycles. The molecule has 0 fully saturated rings. The molecule has 0 unspecified atom stereocenters. The number of hydrogen-bond donors (Lipinski definition) is 0. The zero-order valence-electron chi connectivity index (χ0n) is 8.30. The van der Waals surface area contributed by atoms with E-state index >= 15 is 0 Å². The summed E-state index contributed by atoms with van der Waals surface area (Å²) in [5, 5.41) is 28.0. The Kier molecular flexibility index (Phi) is 26.4. The number of carboxylic acid groups (broad SMARTS) is 3. The molecule has 0 amide bonds. The number of carbonyl (C=O) groups is 3. The summed E-state index contributed by atoms with van der Waals surface area (Å²) in [7, 11) is 0. The van der Waals surface area contributed by atoms with Crippen molar-refractivity contribution < 1.29 is 69.6 Å². The zero-order valence-corrected chi connectivity index (χ0v) is 15.1. The van der Waals surface area contributed by atoms with Crippen molar-refractivity contribution in [3.8, 4) is 0 Å². The molecule has 113 valence electrons. The summed E-state index contributed by atoms with van der Waals surface area (Å²) in [5.74, 6) is -4.38. The van der Waals surface area contributed by atoms with Crippen molar-refractivity contribution in [3.63, 3.8) is 0 Å². The first-order chi connectivity index (χ1) is 7.93. The van der Waals surface area contributed by atoms with Crippen LogP contribution in [0, 0.1) is 39.9 Å². The SMILES string of the molecule is O=C([O-])C(Cl)Cl.O=C([O-])C(Cl)Cl.O=C([O-])C(Cl)Cl.[Gd+3]. The van der Waals surface area contributed by atoms with Crippen LogP contribution < -0.4 is 15.3 Å². The van der Waals surface area contributed by atoms with Crippen LogP contribution in [0.15, 0.2) is 0 Å². The number of aliphatic carboxylic acids is 3. The zero-order chi connectivity index (χ0) is 15.5. The van der Waals surface area contributed by atoms with Gasteiger partial charge >= 0.3 is 39.9 Å². The van der Waals surface area contributed by atoms with Crippen LogP contribution >= 0.6 is 69.6 Å². The number of carboxylic acids is 3. The van der Waals surface area contributed by atoms with Crippen LogP contribution in [0.25, 0.3) is 0 Å². The molecule has 0 spiro atoms. The van der Waals surface area contributed by atoms with Gasteiger partial charge < -0.3 is 29.7 Å². The molecule has 0 atom stereocenters. The first-order valence-electron chi connectivity index (χ1n) is 3.40. The summed E-state index contributed by atoms with van der Waals surface area (Å²) in [4.78, 5) is 23.8. The van der Waals surface area contributed by atoms with Crippen molar-refractivity contribution in [2.45, 2.75) is 14.5 Å². The van der Waals surface area contributed by atoms with Gasteiger partial charge in [-0.2, -0.15) is 0 Å². The third-order valence-corrected chi connectivity index (χ3v) is 1.60. The van der Waals surface area contributed by atoms with Crippen LogP contribution in [0.2, 0.25) is 0 Å². The maximum absolute atomic E-state index is 9.32. The molecule has 0 rings (SSSR count). The number of hydrogen-bond acceptors (Lipinski definition) is 6. The van der Waals surface area contributed by atoms with Crippen molar-refractivity contribution in [2.24, 2.45) is 0 Å². The summed E-state index contributed by atoms with van der Waals surface area (Å²) in [6, 6.07) is 0. The van der Waals surface area contributed by atoms with Crippen LogP contribution in [0.4, 0.5) is 0 Å². The van der Waals surface area contributed by atoms with Crippen molar-refractivity contribution in [3.05, 3.63) is 0 Å². The second-order valence-corrected chi connectivity index (χ2v) is 5.15. The van der Waals surface area contributed by atoms with E-state index in [4.69, 9.17) is 69.6 Å². The van der Waals surface area contributed by atoms with Gasteiger partial charge in [-0.15, -0.1) is 0 Å². The summed E-state index contributed by atoms with van der Waals surface area (Å²) < 4.78 is 0. The van der Waals surface area contributed by atoms with E-state index in [1.54, 1.807) is 0 Å². The average Bonchev–Trinajstić information content (AvgIpc) is 2.18. The van der Waals surface area contributed by atoms with E-state index in [-0.39, 0.29) is 39.9 Å². The van der Waals surface area contributed by atoms with Gasteiger partial charge in [0.15, 0.2) is 0 Å². The number of carbonyl (C=O) groups excluding carboxylic acids is 3. The van der Waals surface area contributed by atoms with E-state index in [1.807, 2.05) is 0 Å². The van der Waals surface area contributed by atoms with Crippen molar-refractivity contribution in [2.75, 3.05) is 0 Å². The quantitative estimate of drug-likeness (QED) is 0.407. The molecule has 0 saturated carbocycles.